The highest BCUT2D eigenvalue weighted by Gasteiger charge is 2.38. The lowest BCUT2D eigenvalue weighted by molar-refractivity contribution is 0.303. The van der Waals surface area contributed by atoms with Crippen molar-refractivity contribution < 1.29 is 18.8 Å². The molecule has 2 heterocycles. The summed E-state index contributed by atoms with van der Waals surface area (Å²) in [7, 11) is 0. The average Bonchev–Trinajstić information content (AvgIpc) is 2.96. The fraction of sp³-hybridized carbons (Fsp3) is 0.0588. The monoisotopic (exact) mass is 311 g/mol. The molecule has 0 spiro atoms. The molecule has 1 N–H and O–H groups in total. The summed E-state index contributed by atoms with van der Waals surface area (Å²) in [6, 6.07) is 12.5. The summed E-state index contributed by atoms with van der Waals surface area (Å²) in [5.41, 5.74) is 0.614. The first-order valence-corrected chi connectivity index (χ1v) is 6.90. The van der Waals surface area contributed by atoms with Crippen molar-refractivity contribution in [2.45, 2.75) is 5.92 Å². The van der Waals surface area contributed by atoms with Crippen LogP contribution in [-0.2, 0) is 0 Å². The lowest BCUT2D eigenvalue weighted by Crippen LogP contribution is -2.16. The molecule has 0 radical (unpaired) electrons. The number of fused-ring (bicyclic) bond motifs is 3. The van der Waals surface area contributed by atoms with E-state index in [1.54, 1.807) is 24.3 Å². The molecule has 1 aliphatic heterocycles. The van der Waals surface area contributed by atoms with Gasteiger partial charge in [0, 0.05) is 0 Å². The zero-order valence-electron chi connectivity index (χ0n) is 11.7. The number of hydrogen-bond donors (Lipinski definition) is 1. The number of nitrogens with zero attached hydrogens (tertiary/aromatic N) is 1. The Morgan fingerprint density at radius 2 is 1.83 bits per heavy atom. The minimum atomic E-state index is -0.739. The number of hydrogen-bond acceptors (Lipinski definition) is 5. The van der Waals surface area contributed by atoms with Gasteiger partial charge < -0.3 is 14.4 Å². The van der Waals surface area contributed by atoms with Gasteiger partial charge in [-0.15, -0.1) is 0 Å². The molecule has 0 fully saturated rings. The Morgan fingerprint density at radius 3 is 2.57 bits per heavy atom. The summed E-state index contributed by atoms with van der Waals surface area (Å²) in [6.07, 6.45) is 0. The van der Waals surface area contributed by atoms with E-state index < -0.39 is 17.4 Å². The van der Waals surface area contributed by atoms with Crippen molar-refractivity contribution in [1.82, 2.24) is 0 Å². The first kappa shape index (κ1) is 13.5. The first-order valence-electron chi connectivity index (χ1n) is 6.90. The van der Waals surface area contributed by atoms with Crippen molar-refractivity contribution >= 4 is 16.9 Å². The van der Waals surface area contributed by atoms with Crippen LogP contribution >= 0.6 is 0 Å². The molecule has 1 aliphatic rings. The molecule has 0 amide bonds. The summed E-state index contributed by atoms with van der Waals surface area (Å²) in [4.78, 5) is 12.4. The molecule has 23 heavy (non-hydrogen) atoms. The molecule has 0 aliphatic carbocycles. The summed E-state index contributed by atoms with van der Waals surface area (Å²) < 4.78 is 24.1. The number of oxime groups is 1. The van der Waals surface area contributed by atoms with Crippen molar-refractivity contribution in [3.8, 4) is 5.75 Å². The Kier molecular flexibility index (Phi) is 2.90. The Hall–Kier alpha value is -3.15. The lowest BCUT2D eigenvalue weighted by atomic mass is 9.93. The summed E-state index contributed by atoms with van der Waals surface area (Å²) in [5, 5.41) is 13.0. The fourth-order valence-electron chi connectivity index (χ4n) is 2.82. The van der Waals surface area contributed by atoms with Gasteiger partial charge in [-0.05, 0) is 29.8 Å². The largest absolute Gasteiger partial charge is 0.437 e. The molecular weight excluding hydrogens is 301 g/mol. The van der Waals surface area contributed by atoms with Crippen molar-refractivity contribution in [3.63, 3.8) is 0 Å². The van der Waals surface area contributed by atoms with E-state index in [4.69, 9.17) is 9.15 Å². The minimum absolute atomic E-state index is 0.0461. The summed E-state index contributed by atoms with van der Waals surface area (Å²) in [5.74, 6) is -0.883. The van der Waals surface area contributed by atoms with Crippen LogP contribution in [0.25, 0.3) is 11.0 Å². The summed E-state index contributed by atoms with van der Waals surface area (Å²) >= 11 is 0. The highest BCUT2D eigenvalue weighted by atomic mass is 19.1. The van der Waals surface area contributed by atoms with Crippen LogP contribution in [0.1, 0.15) is 17.0 Å². The van der Waals surface area contributed by atoms with Gasteiger partial charge in [-0.3, -0.25) is 0 Å². The van der Waals surface area contributed by atoms with Gasteiger partial charge in [-0.1, -0.05) is 29.4 Å². The Morgan fingerprint density at radius 1 is 1.09 bits per heavy atom. The molecule has 4 rings (SSSR count). The molecule has 2 aromatic carbocycles. The van der Waals surface area contributed by atoms with Gasteiger partial charge in [-0.25, -0.2) is 9.18 Å². The number of ether oxygens (including phenoxy) is 1. The van der Waals surface area contributed by atoms with Gasteiger partial charge in [0.15, 0.2) is 5.75 Å². The highest BCUT2D eigenvalue weighted by molar-refractivity contribution is 5.99. The fourth-order valence-corrected chi connectivity index (χ4v) is 2.82. The van der Waals surface area contributed by atoms with Crippen molar-refractivity contribution in [2.75, 3.05) is 0 Å². The van der Waals surface area contributed by atoms with E-state index in [0.29, 0.717) is 22.3 Å². The van der Waals surface area contributed by atoms with Gasteiger partial charge in [-0.2, -0.15) is 0 Å². The number of halogens is 1. The molecule has 6 heteroatoms. The molecule has 1 unspecified atom stereocenters. The van der Waals surface area contributed by atoms with Crippen LogP contribution in [0, 0.1) is 5.82 Å². The topological polar surface area (TPSA) is 72.0 Å². The van der Waals surface area contributed by atoms with Crippen molar-refractivity contribution in [1.29, 1.82) is 0 Å². The van der Waals surface area contributed by atoms with E-state index in [-0.39, 0.29) is 11.5 Å². The van der Waals surface area contributed by atoms with Crippen LogP contribution in [0.3, 0.4) is 0 Å². The molecule has 0 saturated carbocycles. The SMILES string of the molecule is O=c1oc2ccccc2c2c1C(c1ccc(F)cc1)/C(=N\O)O2. The minimum Gasteiger partial charge on any atom is -0.437 e. The first-order chi connectivity index (χ1) is 11.2. The molecule has 1 atom stereocenters. The second kappa shape index (κ2) is 4.95. The van der Waals surface area contributed by atoms with Crippen LogP contribution in [0.2, 0.25) is 0 Å². The Labute approximate surface area is 129 Å². The quantitative estimate of drug-likeness (QED) is 0.425. The summed E-state index contributed by atoms with van der Waals surface area (Å²) in [6.45, 7) is 0. The molecule has 114 valence electrons. The average molecular weight is 311 g/mol. The van der Waals surface area contributed by atoms with E-state index in [1.165, 1.54) is 24.3 Å². The number of benzene rings is 2. The van der Waals surface area contributed by atoms with Crippen molar-refractivity contribution in [2.24, 2.45) is 5.16 Å². The standard InChI is InChI=1S/C17H10FNO4/c18-10-7-5-9(6-8-10)13-14-15(23-16(13)19-21)11-3-1-2-4-12(11)22-17(14)20/h1-8,13,21H/b19-16+. The zero-order chi connectivity index (χ0) is 16.0. The molecule has 3 aromatic rings. The maximum Gasteiger partial charge on any atom is 0.344 e. The van der Waals surface area contributed by atoms with E-state index >= 15 is 0 Å². The third kappa shape index (κ3) is 1.99. The van der Waals surface area contributed by atoms with E-state index in [2.05, 4.69) is 5.16 Å². The zero-order valence-corrected chi connectivity index (χ0v) is 11.7. The molecule has 0 saturated heterocycles. The smallest absolute Gasteiger partial charge is 0.344 e. The van der Waals surface area contributed by atoms with E-state index in [1.807, 2.05) is 0 Å². The Bertz CT molecular complexity index is 992. The third-order valence-corrected chi connectivity index (χ3v) is 3.84. The predicted octanol–water partition coefficient (Wildman–Crippen LogP) is 3.24. The molecule has 1 aromatic heterocycles. The maximum absolute atomic E-state index is 13.1. The third-order valence-electron chi connectivity index (χ3n) is 3.84. The second-order valence-corrected chi connectivity index (χ2v) is 5.15. The number of rotatable bonds is 1. The van der Waals surface area contributed by atoms with Crippen LogP contribution in [-0.4, -0.2) is 11.1 Å². The van der Waals surface area contributed by atoms with Gasteiger partial charge in [0.25, 0.3) is 0 Å². The van der Waals surface area contributed by atoms with Crippen LogP contribution < -0.4 is 10.4 Å². The van der Waals surface area contributed by atoms with Crippen LogP contribution in [0.15, 0.2) is 62.9 Å². The second-order valence-electron chi connectivity index (χ2n) is 5.15. The maximum atomic E-state index is 13.1. The number of para-hydroxylation sites is 1. The van der Waals surface area contributed by atoms with Gasteiger partial charge in [0.2, 0.25) is 5.90 Å². The van der Waals surface area contributed by atoms with Crippen LogP contribution in [0.5, 0.6) is 5.75 Å². The van der Waals surface area contributed by atoms with E-state index in [0.717, 1.165) is 0 Å². The molecule has 0 bridgehead atoms. The van der Waals surface area contributed by atoms with Gasteiger partial charge in [0.1, 0.15) is 11.4 Å². The van der Waals surface area contributed by atoms with E-state index in [9.17, 15) is 14.4 Å². The normalized spacial score (nSPS) is 18.1. The lowest BCUT2D eigenvalue weighted by Gasteiger charge is -2.08. The van der Waals surface area contributed by atoms with Gasteiger partial charge in [0.05, 0.1) is 16.9 Å². The van der Waals surface area contributed by atoms with Crippen LogP contribution in [0.4, 0.5) is 4.39 Å². The van der Waals surface area contributed by atoms with Gasteiger partial charge >= 0.3 is 5.63 Å². The predicted molar refractivity (Wildman–Crippen MR) is 80.6 cm³/mol. The Balaban J connectivity index is 2.02. The van der Waals surface area contributed by atoms with Crippen molar-refractivity contribution in [3.05, 3.63) is 75.9 Å². The highest BCUT2D eigenvalue weighted by Crippen LogP contribution is 2.41. The molecular formula is C17H10FNO4. The molecule has 5 nitrogen and oxygen atoms in total.